The van der Waals surface area contributed by atoms with E-state index in [0.29, 0.717) is 15.1 Å². The van der Waals surface area contributed by atoms with Gasteiger partial charge >= 0.3 is 0 Å². The summed E-state index contributed by atoms with van der Waals surface area (Å²) in [6.45, 7) is 0.761. The molecule has 0 aromatic heterocycles. The third-order valence-electron chi connectivity index (χ3n) is 2.61. The minimum atomic E-state index is 0.618. The van der Waals surface area contributed by atoms with E-state index < -0.39 is 0 Å². The van der Waals surface area contributed by atoms with Crippen molar-refractivity contribution in [1.29, 1.82) is 0 Å². The van der Waals surface area contributed by atoms with E-state index in [-0.39, 0.29) is 0 Å². The standard InChI is InChI=1S/C14H12Cl3N/c1-18-8-9-2-3-11(15)7-14(9)10-4-12(16)6-13(17)5-10/h2-7,18H,8H2,1H3. The molecule has 0 aliphatic heterocycles. The monoisotopic (exact) mass is 299 g/mol. The highest BCUT2D eigenvalue weighted by molar-refractivity contribution is 6.35. The van der Waals surface area contributed by atoms with Crippen LogP contribution in [0.4, 0.5) is 0 Å². The third kappa shape index (κ3) is 3.18. The van der Waals surface area contributed by atoms with E-state index in [1.54, 1.807) is 6.07 Å². The number of rotatable bonds is 3. The molecule has 0 saturated heterocycles. The van der Waals surface area contributed by atoms with Crippen LogP contribution in [0, 0.1) is 0 Å². The number of hydrogen-bond acceptors (Lipinski definition) is 1. The Morgan fingerprint density at radius 3 is 2.17 bits per heavy atom. The summed E-state index contributed by atoms with van der Waals surface area (Å²) in [5.74, 6) is 0. The largest absolute Gasteiger partial charge is 0.316 e. The van der Waals surface area contributed by atoms with Crippen molar-refractivity contribution in [2.45, 2.75) is 6.54 Å². The van der Waals surface area contributed by atoms with Crippen LogP contribution in [0.15, 0.2) is 36.4 Å². The number of benzene rings is 2. The molecule has 0 saturated carbocycles. The maximum Gasteiger partial charge on any atom is 0.0426 e. The summed E-state index contributed by atoms with van der Waals surface area (Å²) in [5.41, 5.74) is 3.17. The van der Waals surface area contributed by atoms with Crippen molar-refractivity contribution in [3.8, 4) is 11.1 Å². The highest BCUT2D eigenvalue weighted by Crippen LogP contribution is 2.31. The van der Waals surface area contributed by atoms with Crippen LogP contribution in [0.25, 0.3) is 11.1 Å². The first-order valence-electron chi connectivity index (χ1n) is 5.49. The van der Waals surface area contributed by atoms with Crippen molar-refractivity contribution in [2.24, 2.45) is 0 Å². The van der Waals surface area contributed by atoms with Gasteiger partial charge in [-0.25, -0.2) is 0 Å². The molecule has 0 bridgehead atoms. The Balaban J connectivity index is 2.57. The minimum Gasteiger partial charge on any atom is -0.316 e. The molecule has 0 atom stereocenters. The summed E-state index contributed by atoms with van der Waals surface area (Å²) in [6.07, 6.45) is 0. The third-order valence-corrected chi connectivity index (χ3v) is 3.28. The molecule has 0 aliphatic rings. The molecular formula is C14H12Cl3N. The van der Waals surface area contributed by atoms with E-state index in [1.165, 1.54) is 0 Å². The molecule has 0 spiro atoms. The second-order valence-electron chi connectivity index (χ2n) is 3.99. The number of nitrogens with one attached hydrogen (secondary N) is 1. The molecule has 0 fully saturated rings. The Morgan fingerprint density at radius 1 is 0.889 bits per heavy atom. The number of halogens is 3. The Bertz CT molecular complexity index is 547. The van der Waals surface area contributed by atoms with E-state index in [2.05, 4.69) is 5.32 Å². The summed E-state index contributed by atoms with van der Waals surface area (Å²) in [7, 11) is 1.91. The Hall–Kier alpha value is -0.730. The van der Waals surface area contributed by atoms with Crippen LogP contribution in [0.2, 0.25) is 15.1 Å². The molecule has 0 amide bonds. The Labute approximate surface area is 122 Å². The average Bonchev–Trinajstić information content (AvgIpc) is 2.30. The molecular weight excluding hydrogens is 289 g/mol. The molecule has 18 heavy (non-hydrogen) atoms. The normalized spacial score (nSPS) is 10.7. The van der Waals surface area contributed by atoms with E-state index in [0.717, 1.165) is 23.2 Å². The second kappa shape index (κ2) is 5.94. The maximum absolute atomic E-state index is 6.06. The molecule has 0 heterocycles. The zero-order valence-electron chi connectivity index (χ0n) is 9.81. The Morgan fingerprint density at radius 2 is 1.56 bits per heavy atom. The predicted molar refractivity (Wildman–Crippen MR) is 79.7 cm³/mol. The van der Waals surface area contributed by atoms with Crippen LogP contribution in [-0.4, -0.2) is 7.05 Å². The predicted octanol–water partition coefficient (Wildman–Crippen LogP) is 5.03. The van der Waals surface area contributed by atoms with Gasteiger partial charge < -0.3 is 5.32 Å². The van der Waals surface area contributed by atoms with Crippen molar-refractivity contribution < 1.29 is 0 Å². The highest BCUT2D eigenvalue weighted by Gasteiger charge is 2.07. The van der Waals surface area contributed by atoms with Gasteiger partial charge in [-0.3, -0.25) is 0 Å². The van der Waals surface area contributed by atoms with Gasteiger partial charge in [0.25, 0.3) is 0 Å². The second-order valence-corrected chi connectivity index (χ2v) is 5.30. The van der Waals surface area contributed by atoms with Crippen LogP contribution in [0.1, 0.15) is 5.56 Å². The van der Waals surface area contributed by atoms with Gasteiger partial charge in [-0.15, -0.1) is 0 Å². The average molecular weight is 301 g/mol. The van der Waals surface area contributed by atoms with Crippen LogP contribution in [-0.2, 0) is 6.54 Å². The van der Waals surface area contributed by atoms with Gasteiger partial charge in [-0.1, -0.05) is 40.9 Å². The fraction of sp³-hybridized carbons (Fsp3) is 0.143. The van der Waals surface area contributed by atoms with E-state index in [1.807, 2.05) is 37.4 Å². The summed E-state index contributed by atoms with van der Waals surface area (Å²) in [4.78, 5) is 0. The lowest BCUT2D eigenvalue weighted by Crippen LogP contribution is -2.06. The zero-order chi connectivity index (χ0) is 13.1. The smallest absolute Gasteiger partial charge is 0.0426 e. The molecule has 2 rings (SSSR count). The molecule has 4 heteroatoms. The first kappa shape index (κ1) is 13.7. The summed E-state index contributed by atoms with van der Waals surface area (Å²) < 4.78 is 0. The molecule has 94 valence electrons. The summed E-state index contributed by atoms with van der Waals surface area (Å²) in [5, 5.41) is 5.07. The van der Waals surface area contributed by atoms with Gasteiger partial charge in [-0.2, -0.15) is 0 Å². The van der Waals surface area contributed by atoms with Crippen molar-refractivity contribution >= 4 is 34.8 Å². The first-order valence-corrected chi connectivity index (χ1v) is 6.63. The summed E-state index contributed by atoms with van der Waals surface area (Å²) in [6, 6.07) is 11.3. The van der Waals surface area contributed by atoms with Gasteiger partial charge in [0.2, 0.25) is 0 Å². The van der Waals surface area contributed by atoms with E-state index >= 15 is 0 Å². The first-order chi connectivity index (χ1) is 8.60. The molecule has 1 N–H and O–H groups in total. The molecule has 2 aromatic rings. The van der Waals surface area contributed by atoms with Crippen LogP contribution in [0.5, 0.6) is 0 Å². The number of hydrogen-bond donors (Lipinski definition) is 1. The fourth-order valence-electron chi connectivity index (χ4n) is 1.87. The topological polar surface area (TPSA) is 12.0 Å². The maximum atomic E-state index is 6.06. The highest BCUT2D eigenvalue weighted by atomic mass is 35.5. The zero-order valence-corrected chi connectivity index (χ0v) is 12.1. The van der Waals surface area contributed by atoms with Crippen LogP contribution >= 0.6 is 34.8 Å². The minimum absolute atomic E-state index is 0.618. The van der Waals surface area contributed by atoms with Gasteiger partial charge in [0, 0.05) is 21.6 Å². The molecule has 0 unspecified atom stereocenters. The van der Waals surface area contributed by atoms with Crippen molar-refractivity contribution in [1.82, 2.24) is 5.32 Å². The van der Waals surface area contributed by atoms with E-state index in [9.17, 15) is 0 Å². The SMILES string of the molecule is CNCc1ccc(Cl)cc1-c1cc(Cl)cc(Cl)c1. The lowest BCUT2D eigenvalue weighted by Gasteiger charge is -2.11. The molecule has 2 aromatic carbocycles. The van der Waals surface area contributed by atoms with Crippen LogP contribution in [0.3, 0.4) is 0 Å². The Kier molecular flexibility index (Phi) is 4.52. The molecule has 0 radical (unpaired) electrons. The van der Waals surface area contributed by atoms with Crippen molar-refractivity contribution in [3.63, 3.8) is 0 Å². The lowest BCUT2D eigenvalue weighted by atomic mass is 9.99. The molecule has 0 aliphatic carbocycles. The van der Waals surface area contributed by atoms with Crippen LogP contribution < -0.4 is 5.32 Å². The quantitative estimate of drug-likeness (QED) is 0.838. The summed E-state index contributed by atoms with van der Waals surface area (Å²) >= 11 is 18.1. The fourth-order valence-corrected chi connectivity index (χ4v) is 2.57. The van der Waals surface area contributed by atoms with Crippen molar-refractivity contribution in [3.05, 3.63) is 57.0 Å². The van der Waals surface area contributed by atoms with Gasteiger partial charge in [0.05, 0.1) is 0 Å². The molecule has 1 nitrogen and oxygen atoms in total. The lowest BCUT2D eigenvalue weighted by molar-refractivity contribution is 0.819. The van der Waals surface area contributed by atoms with E-state index in [4.69, 9.17) is 34.8 Å². The van der Waals surface area contributed by atoms with Crippen molar-refractivity contribution in [2.75, 3.05) is 7.05 Å². The van der Waals surface area contributed by atoms with Gasteiger partial charge in [-0.05, 0) is 54.1 Å². The van der Waals surface area contributed by atoms with Gasteiger partial charge in [0.1, 0.15) is 0 Å². The van der Waals surface area contributed by atoms with Gasteiger partial charge in [0.15, 0.2) is 0 Å².